The van der Waals surface area contributed by atoms with E-state index in [4.69, 9.17) is 18.6 Å². The molecular formula is C18H16N2O6. The maximum absolute atomic E-state index is 12.7. The lowest BCUT2D eigenvalue weighted by molar-refractivity contribution is -0.140. The fourth-order valence-corrected chi connectivity index (χ4v) is 2.89. The first-order valence-electron chi connectivity index (χ1n) is 7.99. The highest BCUT2D eigenvalue weighted by atomic mass is 16.7. The second-order valence-corrected chi connectivity index (χ2v) is 5.85. The van der Waals surface area contributed by atoms with E-state index in [1.54, 1.807) is 37.3 Å². The van der Waals surface area contributed by atoms with Gasteiger partial charge in [0.1, 0.15) is 18.4 Å². The van der Waals surface area contributed by atoms with Gasteiger partial charge in [0.2, 0.25) is 6.79 Å². The molecule has 0 fully saturated rings. The quantitative estimate of drug-likeness (QED) is 0.816. The van der Waals surface area contributed by atoms with E-state index >= 15 is 0 Å². The average molecular weight is 356 g/mol. The lowest BCUT2D eigenvalue weighted by Gasteiger charge is -2.26. The molecule has 0 aliphatic carbocycles. The van der Waals surface area contributed by atoms with Crippen LogP contribution in [0.25, 0.3) is 0 Å². The second kappa shape index (κ2) is 6.47. The molecule has 0 saturated carbocycles. The number of esters is 1. The predicted octanol–water partition coefficient (Wildman–Crippen LogP) is 2.38. The maximum atomic E-state index is 12.7. The lowest BCUT2D eigenvalue weighted by atomic mass is 10.0. The number of fused-ring (bicyclic) bond motifs is 1. The van der Waals surface area contributed by atoms with E-state index in [1.165, 1.54) is 6.26 Å². The van der Waals surface area contributed by atoms with Gasteiger partial charge >= 0.3 is 12.0 Å². The molecule has 1 aromatic carbocycles. The Morgan fingerprint density at radius 2 is 2.12 bits per heavy atom. The van der Waals surface area contributed by atoms with Crippen molar-refractivity contribution in [3.05, 3.63) is 59.2 Å². The number of allylic oxidation sites excluding steroid dienone is 1. The van der Waals surface area contributed by atoms with Crippen molar-refractivity contribution < 1.29 is 28.2 Å². The maximum Gasteiger partial charge on any atom is 0.338 e. The highest BCUT2D eigenvalue weighted by molar-refractivity contribution is 5.94. The topological polar surface area (TPSA) is 99.0 Å². The van der Waals surface area contributed by atoms with Gasteiger partial charge in [-0.05, 0) is 36.8 Å². The molecule has 8 heteroatoms. The van der Waals surface area contributed by atoms with E-state index in [1.807, 2.05) is 0 Å². The van der Waals surface area contributed by atoms with E-state index in [0.717, 1.165) is 5.56 Å². The summed E-state index contributed by atoms with van der Waals surface area (Å²) in [4.78, 5) is 24.4. The average Bonchev–Trinajstić information content (AvgIpc) is 3.30. The molecule has 2 N–H and O–H groups in total. The van der Waals surface area contributed by atoms with E-state index in [-0.39, 0.29) is 13.4 Å². The van der Waals surface area contributed by atoms with E-state index < -0.39 is 18.0 Å². The minimum absolute atomic E-state index is 0.0606. The highest BCUT2D eigenvalue weighted by Gasteiger charge is 2.33. The van der Waals surface area contributed by atoms with Crippen LogP contribution in [0.15, 0.2) is 52.3 Å². The van der Waals surface area contributed by atoms with E-state index in [2.05, 4.69) is 10.6 Å². The van der Waals surface area contributed by atoms with Gasteiger partial charge in [0.15, 0.2) is 11.5 Å². The van der Waals surface area contributed by atoms with Crippen molar-refractivity contribution in [3.63, 3.8) is 0 Å². The van der Waals surface area contributed by atoms with Gasteiger partial charge in [-0.3, -0.25) is 0 Å². The third kappa shape index (κ3) is 2.97. The van der Waals surface area contributed by atoms with Crippen molar-refractivity contribution in [1.82, 2.24) is 10.6 Å². The number of nitrogens with one attached hydrogen (secondary N) is 2. The molecule has 2 aliphatic rings. The summed E-state index contributed by atoms with van der Waals surface area (Å²) in [6, 6.07) is 7.60. The van der Waals surface area contributed by atoms with Gasteiger partial charge in [0, 0.05) is 5.70 Å². The molecule has 26 heavy (non-hydrogen) atoms. The Hall–Kier alpha value is -3.42. The van der Waals surface area contributed by atoms with Crippen LogP contribution in [0, 0.1) is 0 Å². The van der Waals surface area contributed by atoms with Gasteiger partial charge in [0.25, 0.3) is 0 Å². The summed E-state index contributed by atoms with van der Waals surface area (Å²) in [7, 11) is 0. The van der Waals surface area contributed by atoms with Crippen molar-refractivity contribution in [1.29, 1.82) is 0 Å². The van der Waals surface area contributed by atoms with Crippen molar-refractivity contribution in [2.45, 2.75) is 19.6 Å². The molecule has 8 nitrogen and oxygen atoms in total. The summed E-state index contributed by atoms with van der Waals surface area (Å²) < 4.78 is 21.4. The lowest BCUT2D eigenvalue weighted by Crippen LogP contribution is -2.45. The summed E-state index contributed by atoms with van der Waals surface area (Å²) in [5.74, 6) is 1.19. The van der Waals surface area contributed by atoms with Crippen molar-refractivity contribution in [2.75, 3.05) is 6.79 Å². The van der Waals surface area contributed by atoms with Gasteiger partial charge in [-0.25, -0.2) is 9.59 Å². The molecular weight excluding hydrogens is 340 g/mol. The van der Waals surface area contributed by atoms with Crippen LogP contribution in [0.5, 0.6) is 11.5 Å². The third-order valence-corrected chi connectivity index (χ3v) is 4.12. The molecule has 2 amide bonds. The monoisotopic (exact) mass is 356 g/mol. The number of rotatable bonds is 4. The fraction of sp³-hybridized carbons (Fsp3) is 0.222. The van der Waals surface area contributed by atoms with Crippen LogP contribution >= 0.6 is 0 Å². The molecule has 1 atom stereocenters. The Kier molecular flexibility index (Phi) is 4.00. The van der Waals surface area contributed by atoms with Crippen LogP contribution in [0.2, 0.25) is 0 Å². The Labute approximate surface area is 148 Å². The summed E-state index contributed by atoms with van der Waals surface area (Å²) in [5, 5.41) is 5.26. The Bertz CT molecular complexity index is 887. The molecule has 0 bridgehead atoms. The van der Waals surface area contributed by atoms with Crippen LogP contribution in [0.1, 0.15) is 24.3 Å². The number of urea groups is 1. The zero-order valence-electron chi connectivity index (χ0n) is 13.9. The molecule has 2 aliphatic heterocycles. The van der Waals surface area contributed by atoms with Crippen LogP contribution in [-0.4, -0.2) is 18.8 Å². The summed E-state index contributed by atoms with van der Waals surface area (Å²) >= 11 is 0. The van der Waals surface area contributed by atoms with E-state index in [0.29, 0.717) is 28.5 Å². The first kappa shape index (κ1) is 16.1. The molecule has 0 spiro atoms. The van der Waals surface area contributed by atoms with Gasteiger partial charge in [-0.2, -0.15) is 0 Å². The smallest absolute Gasteiger partial charge is 0.338 e. The third-order valence-electron chi connectivity index (χ3n) is 4.12. The zero-order chi connectivity index (χ0) is 18.1. The largest absolute Gasteiger partial charge is 0.467 e. The van der Waals surface area contributed by atoms with Crippen LogP contribution in [0.4, 0.5) is 4.79 Å². The molecule has 3 heterocycles. The zero-order valence-corrected chi connectivity index (χ0v) is 13.9. The number of carbonyl (C=O) groups excluding carboxylic acids is 2. The molecule has 0 saturated heterocycles. The Morgan fingerprint density at radius 1 is 1.27 bits per heavy atom. The first-order chi connectivity index (χ1) is 12.6. The van der Waals surface area contributed by atoms with E-state index in [9.17, 15) is 9.59 Å². The number of hydrogen-bond donors (Lipinski definition) is 2. The minimum Gasteiger partial charge on any atom is -0.467 e. The molecule has 1 unspecified atom stereocenters. The van der Waals surface area contributed by atoms with Gasteiger partial charge in [-0.1, -0.05) is 6.07 Å². The second-order valence-electron chi connectivity index (χ2n) is 5.85. The number of hydrogen-bond acceptors (Lipinski definition) is 6. The molecule has 1 aromatic heterocycles. The Morgan fingerprint density at radius 3 is 2.92 bits per heavy atom. The minimum atomic E-state index is -0.706. The molecule has 2 aromatic rings. The molecule has 134 valence electrons. The van der Waals surface area contributed by atoms with Crippen molar-refractivity contribution in [2.24, 2.45) is 0 Å². The number of benzene rings is 1. The SMILES string of the molecule is CC1=C(C(=O)OCc2ccc3c(c2)OCO3)C(c2ccco2)NC(=O)N1. The van der Waals surface area contributed by atoms with Crippen molar-refractivity contribution in [3.8, 4) is 11.5 Å². The normalized spacial score (nSPS) is 18.3. The number of furan rings is 1. The summed E-state index contributed by atoms with van der Waals surface area (Å²) in [6.45, 7) is 1.89. The molecule has 0 radical (unpaired) electrons. The van der Waals surface area contributed by atoms with Crippen molar-refractivity contribution >= 4 is 12.0 Å². The standard InChI is InChI=1S/C18H16N2O6/c1-10-15(16(20-18(22)19-10)13-3-2-6-23-13)17(21)24-8-11-4-5-12-14(7-11)26-9-25-12/h2-7,16H,8-9H2,1H3,(H2,19,20,22). The fourth-order valence-electron chi connectivity index (χ4n) is 2.89. The van der Waals surface area contributed by atoms with Crippen LogP contribution < -0.4 is 20.1 Å². The Balaban J connectivity index is 1.52. The number of carbonyl (C=O) groups is 2. The first-order valence-corrected chi connectivity index (χ1v) is 7.99. The summed E-state index contributed by atoms with van der Waals surface area (Å²) in [5.41, 5.74) is 1.48. The van der Waals surface area contributed by atoms with Crippen LogP contribution in [0.3, 0.4) is 0 Å². The molecule has 4 rings (SSSR count). The van der Waals surface area contributed by atoms with Crippen LogP contribution in [-0.2, 0) is 16.1 Å². The summed E-state index contributed by atoms with van der Waals surface area (Å²) in [6.07, 6.45) is 1.48. The number of amides is 2. The highest BCUT2D eigenvalue weighted by Crippen LogP contribution is 2.33. The van der Waals surface area contributed by atoms with Gasteiger partial charge in [-0.15, -0.1) is 0 Å². The van der Waals surface area contributed by atoms with Gasteiger partial charge in [0.05, 0.1) is 11.8 Å². The number of ether oxygens (including phenoxy) is 3. The van der Waals surface area contributed by atoms with Gasteiger partial charge < -0.3 is 29.3 Å². The predicted molar refractivity (Wildman–Crippen MR) is 88.2 cm³/mol.